The maximum atomic E-state index is 12.4. The lowest BCUT2D eigenvalue weighted by molar-refractivity contribution is -0.113. The number of carbonyl (C=O) groups excluding carboxylic acids is 2. The van der Waals surface area contributed by atoms with Crippen LogP contribution < -0.4 is 10.6 Å². The van der Waals surface area contributed by atoms with Crippen molar-refractivity contribution in [1.29, 1.82) is 0 Å². The lowest BCUT2D eigenvalue weighted by atomic mass is 10.1. The molecule has 2 aromatic carbocycles. The quantitative estimate of drug-likeness (QED) is 0.576. The zero-order chi connectivity index (χ0) is 21.6. The predicted molar refractivity (Wildman–Crippen MR) is 114 cm³/mol. The van der Waals surface area contributed by atoms with Crippen LogP contribution in [0.3, 0.4) is 0 Å². The zero-order valence-electron chi connectivity index (χ0n) is 16.4. The van der Waals surface area contributed by atoms with Crippen molar-refractivity contribution in [2.45, 2.75) is 19.2 Å². The Kier molecular flexibility index (Phi) is 6.68. The van der Waals surface area contributed by atoms with Crippen LogP contribution in [-0.4, -0.2) is 26.0 Å². The summed E-state index contributed by atoms with van der Waals surface area (Å²) in [4.78, 5) is 24.4. The summed E-state index contributed by atoms with van der Waals surface area (Å²) >= 11 is 0. The molecule has 7 nitrogen and oxygen atoms in total. The first kappa shape index (κ1) is 21.3. The molecule has 3 aromatic rings. The molecule has 0 unspecified atom stereocenters. The van der Waals surface area contributed by atoms with E-state index >= 15 is 0 Å². The van der Waals surface area contributed by atoms with Gasteiger partial charge in [0.05, 0.1) is 18.6 Å². The summed E-state index contributed by atoms with van der Waals surface area (Å²) in [5.41, 5.74) is 2.34. The first-order valence-electron chi connectivity index (χ1n) is 9.27. The highest BCUT2D eigenvalue weighted by atomic mass is 32.2. The molecule has 1 aromatic heterocycles. The Balaban J connectivity index is 1.58. The first-order chi connectivity index (χ1) is 14.3. The van der Waals surface area contributed by atoms with Gasteiger partial charge in [-0.1, -0.05) is 29.8 Å². The van der Waals surface area contributed by atoms with Crippen LogP contribution >= 0.6 is 0 Å². The Labute approximate surface area is 175 Å². The fourth-order valence-corrected chi connectivity index (χ4v) is 4.08. The third kappa shape index (κ3) is 6.31. The average molecular weight is 426 g/mol. The fourth-order valence-electron chi connectivity index (χ4n) is 2.82. The Bertz CT molecular complexity index is 1120. The number of benzene rings is 2. The van der Waals surface area contributed by atoms with Crippen LogP contribution in [0, 0.1) is 6.92 Å². The highest BCUT2D eigenvalue weighted by molar-refractivity contribution is 7.91. The second-order valence-corrected chi connectivity index (χ2v) is 8.97. The third-order valence-corrected chi connectivity index (χ3v) is 5.74. The second kappa shape index (κ2) is 9.41. The molecule has 0 aliphatic carbocycles. The van der Waals surface area contributed by atoms with Gasteiger partial charge < -0.3 is 15.1 Å². The monoisotopic (exact) mass is 426 g/mol. The number of aryl methyl sites for hydroxylation is 1. The summed E-state index contributed by atoms with van der Waals surface area (Å²) in [5.74, 6) is -1.32. The van der Waals surface area contributed by atoms with Crippen LogP contribution in [0.1, 0.15) is 27.2 Å². The third-order valence-electron chi connectivity index (χ3n) is 4.27. The van der Waals surface area contributed by atoms with Gasteiger partial charge in [0.1, 0.15) is 11.5 Å². The van der Waals surface area contributed by atoms with Gasteiger partial charge in [-0.25, -0.2) is 8.42 Å². The summed E-state index contributed by atoms with van der Waals surface area (Å²) in [6.07, 6.45) is 1.52. The number of sulfone groups is 1. The van der Waals surface area contributed by atoms with Crippen molar-refractivity contribution in [1.82, 2.24) is 5.32 Å². The summed E-state index contributed by atoms with van der Waals surface area (Å²) in [7, 11) is -3.71. The number of carbonyl (C=O) groups is 2. The molecule has 0 aliphatic heterocycles. The smallest absolute Gasteiger partial charge is 0.251 e. The number of hydrogen-bond donors (Lipinski definition) is 2. The van der Waals surface area contributed by atoms with E-state index in [2.05, 4.69) is 10.6 Å². The minimum atomic E-state index is -3.71. The first-order valence-corrected chi connectivity index (χ1v) is 11.1. The maximum Gasteiger partial charge on any atom is 0.251 e. The summed E-state index contributed by atoms with van der Waals surface area (Å²) < 4.78 is 30.0. The maximum absolute atomic E-state index is 12.4. The van der Waals surface area contributed by atoms with E-state index in [0.29, 0.717) is 22.6 Å². The molecular weight excluding hydrogens is 404 g/mol. The highest BCUT2D eigenvalue weighted by Gasteiger charge is 2.18. The molecule has 30 heavy (non-hydrogen) atoms. The topological polar surface area (TPSA) is 105 Å². The van der Waals surface area contributed by atoms with Crippen LogP contribution in [0.25, 0.3) is 0 Å². The van der Waals surface area contributed by atoms with Gasteiger partial charge in [-0.3, -0.25) is 9.59 Å². The van der Waals surface area contributed by atoms with Gasteiger partial charge in [-0.2, -0.15) is 0 Å². The van der Waals surface area contributed by atoms with Crippen molar-refractivity contribution >= 4 is 27.3 Å². The van der Waals surface area contributed by atoms with E-state index in [9.17, 15) is 18.0 Å². The van der Waals surface area contributed by atoms with Gasteiger partial charge in [0.25, 0.3) is 5.91 Å². The van der Waals surface area contributed by atoms with Gasteiger partial charge in [0.2, 0.25) is 5.91 Å². The van der Waals surface area contributed by atoms with Gasteiger partial charge in [-0.15, -0.1) is 0 Å². The second-order valence-electron chi connectivity index (χ2n) is 6.91. The Morgan fingerprint density at radius 3 is 2.47 bits per heavy atom. The van der Waals surface area contributed by atoms with E-state index in [0.717, 1.165) is 5.56 Å². The Hall–Kier alpha value is -3.39. The SMILES string of the molecule is Cc1ccc(NC(=O)CS(=O)(=O)Cc2cccc(C(=O)NCc3ccco3)c2)cc1. The predicted octanol–water partition coefficient (Wildman–Crippen LogP) is 3.07. The normalized spacial score (nSPS) is 11.1. The zero-order valence-corrected chi connectivity index (χ0v) is 17.2. The lowest BCUT2D eigenvalue weighted by Crippen LogP contribution is -2.24. The molecule has 0 aliphatic rings. The van der Waals surface area contributed by atoms with E-state index < -0.39 is 21.5 Å². The minimum absolute atomic E-state index is 0.230. The summed E-state index contributed by atoms with van der Waals surface area (Å²) in [6, 6.07) is 16.9. The molecule has 8 heteroatoms. The number of anilines is 1. The van der Waals surface area contributed by atoms with Crippen LogP contribution in [0.4, 0.5) is 5.69 Å². The van der Waals surface area contributed by atoms with Crippen molar-refractivity contribution < 1.29 is 22.4 Å². The van der Waals surface area contributed by atoms with Crippen LogP contribution in [0.5, 0.6) is 0 Å². The standard InChI is InChI=1S/C22H22N2O5S/c1-16-7-9-19(10-8-16)24-21(25)15-30(27,28)14-17-4-2-5-18(12-17)22(26)23-13-20-6-3-11-29-20/h2-12H,13-15H2,1H3,(H,23,26)(H,24,25). The molecular formula is C22H22N2O5S. The van der Waals surface area contributed by atoms with Gasteiger partial charge >= 0.3 is 0 Å². The van der Waals surface area contributed by atoms with E-state index in [1.165, 1.54) is 12.3 Å². The number of nitrogens with one attached hydrogen (secondary N) is 2. The molecule has 0 spiro atoms. The molecule has 0 saturated heterocycles. The Morgan fingerprint density at radius 1 is 1.00 bits per heavy atom. The number of hydrogen-bond acceptors (Lipinski definition) is 5. The molecule has 0 bridgehead atoms. The number of furan rings is 1. The van der Waals surface area contributed by atoms with Crippen molar-refractivity contribution in [2.24, 2.45) is 0 Å². The van der Waals surface area contributed by atoms with E-state index in [1.54, 1.807) is 42.5 Å². The van der Waals surface area contributed by atoms with Crippen molar-refractivity contribution in [3.63, 3.8) is 0 Å². The Morgan fingerprint density at radius 2 is 1.77 bits per heavy atom. The van der Waals surface area contributed by atoms with Gasteiger partial charge in [0.15, 0.2) is 9.84 Å². The van der Waals surface area contributed by atoms with Crippen molar-refractivity contribution in [2.75, 3.05) is 11.1 Å². The van der Waals surface area contributed by atoms with E-state index in [-0.39, 0.29) is 18.2 Å². The molecule has 0 fully saturated rings. The molecule has 0 saturated carbocycles. The van der Waals surface area contributed by atoms with Crippen LogP contribution in [0.2, 0.25) is 0 Å². The molecule has 2 amide bonds. The minimum Gasteiger partial charge on any atom is -0.467 e. The summed E-state index contributed by atoms with van der Waals surface area (Å²) in [6.45, 7) is 2.15. The number of amides is 2. The number of rotatable bonds is 8. The molecule has 0 atom stereocenters. The van der Waals surface area contributed by atoms with Crippen LogP contribution in [0.15, 0.2) is 71.3 Å². The molecule has 156 valence electrons. The van der Waals surface area contributed by atoms with E-state index in [4.69, 9.17) is 4.42 Å². The van der Waals surface area contributed by atoms with Crippen molar-refractivity contribution in [3.05, 3.63) is 89.4 Å². The van der Waals surface area contributed by atoms with E-state index in [1.807, 2.05) is 19.1 Å². The highest BCUT2D eigenvalue weighted by Crippen LogP contribution is 2.12. The van der Waals surface area contributed by atoms with Crippen LogP contribution in [-0.2, 0) is 26.9 Å². The molecule has 2 N–H and O–H groups in total. The molecule has 3 rings (SSSR count). The van der Waals surface area contributed by atoms with Crippen molar-refractivity contribution in [3.8, 4) is 0 Å². The lowest BCUT2D eigenvalue weighted by Gasteiger charge is -2.08. The van der Waals surface area contributed by atoms with Gasteiger partial charge in [0, 0.05) is 11.3 Å². The average Bonchev–Trinajstić information content (AvgIpc) is 3.21. The molecule has 0 radical (unpaired) electrons. The van der Waals surface area contributed by atoms with Gasteiger partial charge in [-0.05, 0) is 48.9 Å². The fraction of sp³-hybridized carbons (Fsp3) is 0.182. The molecule has 1 heterocycles. The largest absolute Gasteiger partial charge is 0.467 e. The summed E-state index contributed by atoms with van der Waals surface area (Å²) in [5, 5.41) is 5.29.